The summed E-state index contributed by atoms with van der Waals surface area (Å²) < 4.78 is 0. The average molecular weight is 295 g/mol. The number of carbonyl (C=O) groups is 3. The van der Waals surface area contributed by atoms with E-state index in [4.69, 9.17) is 10.8 Å². The Morgan fingerprint density at radius 2 is 1.86 bits per heavy atom. The highest BCUT2D eigenvalue weighted by Gasteiger charge is 2.24. The lowest BCUT2D eigenvalue weighted by Crippen LogP contribution is -2.49. The van der Waals surface area contributed by atoms with Crippen molar-refractivity contribution >= 4 is 23.6 Å². The van der Waals surface area contributed by atoms with E-state index in [1.807, 2.05) is 0 Å². The van der Waals surface area contributed by atoms with Crippen LogP contribution in [0.1, 0.15) is 24.2 Å². The monoisotopic (exact) mass is 295 g/mol. The number of hydrogen-bond acceptors (Lipinski definition) is 4. The van der Waals surface area contributed by atoms with E-state index in [-0.39, 0.29) is 22.9 Å². The molecule has 1 aromatic rings. The van der Waals surface area contributed by atoms with E-state index >= 15 is 0 Å². The molecule has 1 rings (SSSR count). The number of primary amides is 1. The molecule has 114 valence electrons. The fraction of sp³-hybridized carbons (Fsp3) is 0.308. The molecule has 8 nitrogen and oxygen atoms in total. The van der Waals surface area contributed by atoms with Gasteiger partial charge in [-0.15, -0.1) is 0 Å². The molecule has 0 radical (unpaired) electrons. The average Bonchev–Trinajstić information content (AvgIpc) is 2.37. The Labute approximate surface area is 120 Å². The van der Waals surface area contributed by atoms with Gasteiger partial charge in [-0.05, 0) is 24.1 Å². The lowest BCUT2D eigenvalue weighted by Gasteiger charge is -2.21. The van der Waals surface area contributed by atoms with Crippen molar-refractivity contribution in [1.29, 1.82) is 0 Å². The Balaban J connectivity index is 2.97. The highest BCUT2D eigenvalue weighted by Crippen LogP contribution is 2.24. The highest BCUT2D eigenvalue weighted by atomic mass is 16.4. The van der Waals surface area contributed by atoms with Gasteiger partial charge >= 0.3 is 12.0 Å². The van der Waals surface area contributed by atoms with Gasteiger partial charge < -0.3 is 26.6 Å². The maximum absolute atomic E-state index is 12.1. The van der Waals surface area contributed by atoms with Crippen molar-refractivity contribution in [3.05, 3.63) is 23.8 Å². The van der Waals surface area contributed by atoms with Gasteiger partial charge in [0.2, 0.25) is 5.91 Å². The number of phenols is 1. The van der Waals surface area contributed by atoms with Gasteiger partial charge in [0.1, 0.15) is 11.8 Å². The number of rotatable bonds is 5. The Kier molecular flexibility index (Phi) is 5.12. The topological polar surface area (TPSA) is 142 Å². The van der Waals surface area contributed by atoms with Crippen LogP contribution < -0.4 is 16.4 Å². The van der Waals surface area contributed by atoms with Crippen molar-refractivity contribution in [1.82, 2.24) is 5.32 Å². The molecule has 6 N–H and O–H groups in total. The molecular formula is C13H17N3O5. The quantitative estimate of drug-likeness (QED) is 0.509. The summed E-state index contributed by atoms with van der Waals surface area (Å²) in [7, 11) is 0. The van der Waals surface area contributed by atoms with Gasteiger partial charge in [-0.3, -0.25) is 4.79 Å². The molecule has 1 atom stereocenters. The van der Waals surface area contributed by atoms with Crippen molar-refractivity contribution in [2.24, 2.45) is 11.7 Å². The van der Waals surface area contributed by atoms with Gasteiger partial charge in [-0.2, -0.15) is 0 Å². The lowest BCUT2D eigenvalue weighted by molar-refractivity contribution is -0.118. The van der Waals surface area contributed by atoms with Crippen LogP contribution in [0.3, 0.4) is 0 Å². The van der Waals surface area contributed by atoms with Crippen molar-refractivity contribution in [2.45, 2.75) is 19.9 Å². The molecule has 0 fully saturated rings. The molecule has 0 aliphatic carbocycles. The maximum Gasteiger partial charge on any atom is 0.335 e. The zero-order chi connectivity index (χ0) is 16.2. The Morgan fingerprint density at radius 3 is 2.33 bits per heavy atom. The second kappa shape index (κ2) is 6.60. The van der Waals surface area contributed by atoms with E-state index in [0.29, 0.717) is 0 Å². The summed E-state index contributed by atoms with van der Waals surface area (Å²) >= 11 is 0. The summed E-state index contributed by atoms with van der Waals surface area (Å²) in [5.74, 6) is -2.33. The summed E-state index contributed by atoms with van der Waals surface area (Å²) in [4.78, 5) is 33.8. The first-order chi connectivity index (χ1) is 9.72. The summed E-state index contributed by atoms with van der Waals surface area (Å²) in [6, 6.07) is 1.72. The van der Waals surface area contributed by atoms with E-state index in [0.717, 1.165) is 12.1 Å². The van der Waals surface area contributed by atoms with Crippen LogP contribution in [0.5, 0.6) is 5.75 Å². The minimum Gasteiger partial charge on any atom is -0.506 e. The van der Waals surface area contributed by atoms with Crippen LogP contribution in [0.4, 0.5) is 10.5 Å². The summed E-state index contributed by atoms with van der Waals surface area (Å²) in [5, 5.41) is 23.2. The van der Waals surface area contributed by atoms with E-state index in [9.17, 15) is 19.5 Å². The number of aromatic hydroxyl groups is 1. The van der Waals surface area contributed by atoms with Crippen LogP contribution in [0.15, 0.2) is 18.2 Å². The van der Waals surface area contributed by atoms with Crippen LogP contribution in [0.2, 0.25) is 0 Å². The molecule has 21 heavy (non-hydrogen) atoms. The third-order valence-corrected chi connectivity index (χ3v) is 2.75. The van der Waals surface area contributed by atoms with E-state index in [1.54, 1.807) is 13.8 Å². The SMILES string of the molecule is CC(C)C(NC(N)=O)C(=O)Nc1cc(C(=O)O)ccc1O. The predicted octanol–water partition coefficient (Wildman–Crippen LogP) is 0.722. The molecule has 0 saturated carbocycles. The Morgan fingerprint density at radius 1 is 1.24 bits per heavy atom. The second-order valence-electron chi connectivity index (χ2n) is 4.76. The maximum atomic E-state index is 12.1. The molecule has 1 unspecified atom stereocenters. The molecule has 3 amide bonds. The van der Waals surface area contributed by atoms with Gasteiger partial charge in [0.05, 0.1) is 11.3 Å². The van der Waals surface area contributed by atoms with Gasteiger partial charge in [0, 0.05) is 0 Å². The molecule has 0 aromatic heterocycles. The molecule has 0 spiro atoms. The normalized spacial score (nSPS) is 11.8. The number of amides is 3. The molecule has 0 heterocycles. The molecule has 8 heteroatoms. The third kappa shape index (κ3) is 4.37. The molecule has 0 saturated heterocycles. The highest BCUT2D eigenvalue weighted by molar-refractivity contribution is 5.99. The molecule has 0 aliphatic rings. The van der Waals surface area contributed by atoms with E-state index in [1.165, 1.54) is 6.07 Å². The fourth-order valence-corrected chi connectivity index (χ4v) is 1.67. The Bertz CT molecular complexity index is 571. The molecular weight excluding hydrogens is 278 g/mol. The van der Waals surface area contributed by atoms with Crippen LogP contribution in [0, 0.1) is 5.92 Å². The first-order valence-electron chi connectivity index (χ1n) is 6.15. The standard InChI is InChI=1S/C13H17N3O5/c1-6(2)10(16-13(14)21)11(18)15-8-5-7(12(19)20)3-4-9(8)17/h3-6,10,17H,1-2H3,(H,15,18)(H,19,20)(H3,14,16,21). The van der Waals surface area contributed by atoms with Crippen molar-refractivity contribution in [3.8, 4) is 5.75 Å². The van der Waals surface area contributed by atoms with Gasteiger partial charge in [0.15, 0.2) is 0 Å². The second-order valence-corrected chi connectivity index (χ2v) is 4.76. The van der Waals surface area contributed by atoms with E-state index in [2.05, 4.69) is 10.6 Å². The van der Waals surface area contributed by atoms with Crippen LogP contribution >= 0.6 is 0 Å². The number of nitrogens with two attached hydrogens (primary N) is 1. The number of carboxylic acids is 1. The van der Waals surface area contributed by atoms with Crippen LogP contribution in [-0.4, -0.2) is 34.2 Å². The van der Waals surface area contributed by atoms with Crippen LogP contribution in [-0.2, 0) is 4.79 Å². The van der Waals surface area contributed by atoms with Crippen molar-refractivity contribution in [3.63, 3.8) is 0 Å². The van der Waals surface area contributed by atoms with Gasteiger partial charge in [-0.25, -0.2) is 9.59 Å². The summed E-state index contributed by atoms with van der Waals surface area (Å²) in [5.41, 5.74) is 4.85. The van der Waals surface area contributed by atoms with Crippen molar-refractivity contribution < 1.29 is 24.6 Å². The number of anilines is 1. The number of hydrogen-bond donors (Lipinski definition) is 5. The zero-order valence-corrected chi connectivity index (χ0v) is 11.6. The minimum atomic E-state index is -1.19. The number of urea groups is 1. The minimum absolute atomic E-state index is 0.0585. The lowest BCUT2D eigenvalue weighted by atomic mass is 10.0. The van der Waals surface area contributed by atoms with E-state index < -0.39 is 23.9 Å². The molecule has 1 aromatic carbocycles. The first kappa shape index (κ1) is 16.3. The van der Waals surface area contributed by atoms with Gasteiger partial charge in [0.25, 0.3) is 0 Å². The predicted molar refractivity (Wildman–Crippen MR) is 75.0 cm³/mol. The number of nitrogens with one attached hydrogen (secondary N) is 2. The number of benzene rings is 1. The number of carbonyl (C=O) groups excluding carboxylic acids is 2. The molecule has 0 aliphatic heterocycles. The smallest absolute Gasteiger partial charge is 0.335 e. The van der Waals surface area contributed by atoms with Crippen LogP contribution in [0.25, 0.3) is 0 Å². The summed E-state index contributed by atoms with van der Waals surface area (Å²) in [6.07, 6.45) is 0. The third-order valence-electron chi connectivity index (χ3n) is 2.75. The zero-order valence-electron chi connectivity index (χ0n) is 11.6. The van der Waals surface area contributed by atoms with Gasteiger partial charge in [-0.1, -0.05) is 13.8 Å². The van der Waals surface area contributed by atoms with Crippen molar-refractivity contribution in [2.75, 3.05) is 5.32 Å². The number of carboxylic acid groups (broad SMARTS) is 1. The number of aromatic carboxylic acids is 1. The largest absolute Gasteiger partial charge is 0.506 e. The number of phenolic OH excluding ortho intramolecular Hbond substituents is 1. The summed E-state index contributed by atoms with van der Waals surface area (Å²) in [6.45, 7) is 3.40. The fourth-order valence-electron chi connectivity index (χ4n) is 1.67. The Hall–Kier alpha value is -2.77. The first-order valence-corrected chi connectivity index (χ1v) is 6.15. The molecule has 0 bridgehead atoms.